The Morgan fingerprint density at radius 2 is 1.54 bits per heavy atom. The number of benzene rings is 2. The fourth-order valence-corrected chi connectivity index (χ4v) is 3.86. The molecule has 24 heavy (non-hydrogen) atoms. The van der Waals surface area contributed by atoms with Crippen LogP contribution in [0.3, 0.4) is 0 Å². The van der Waals surface area contributed by atoms with E-state index in [1.807, 2.05) is 0 Å². The molecule has 0 heteroatoms. The lowest BCUT2D eigenvalue weighted by atomic mass is 9.91. The van der Waals surface area contributed by atoms with Crippen LogP contribution >= 0.6 is 0 Å². The molecule has 0 N–H and O–H groups in total. The minimum absolute atomic E-state index is 1.16. The van der Waals surface area contributed by atoms with Crippen molar-refractivity contribution in [2.24, 2.45) is 0 Å². The molecule has 0 heterocycles. The van der Waals surface area contributed by atoms with Crippen LogP contribution in [-0.2, 0) is 0 Å². The number of hydrogen-bond donors (Lipinski definition) is 0. The van der Waals surface area contributed by atoms with E-state index < -0.39 is 0 Å². The zero-order valence-corrected chi connectivity index (χ0v) is 15.5. The van der Waals surface area contributed by atoms with Gasteiger partial charge in [-0.15, -0.1) is 0 Å². The Morgan fingerprint density at radius 3 is 2.29 bits per heavy atom. The normalized spacial score (nSPS) is 14.5. The van der Waals surface area contributed by atoms with E-state index in [0.717, 1.165) is 6.42 Å². The number of aryl methyl sites for hydroxylation is 1. The maximum atomic E-state index is 2.52. The molecule has 0 aromatic heterocycles. The lowest BCUT2D eigenvalue weighted by molar-refractivity contribution is 0.779. The molecule has 0 saturated carbocycles. The molecule has 0 amide bonds. The molecule has 0 spiro atoms. The summed E-state index contributed by atoms with van der Waals surface area (Å²) < 4.78 is 0. The van der Waals surface area contributed by atoms with Crippen LogP contribution in [0.15, 0.2) is 53.6 Å². The standard InChI is InChI=1S/C24H30/c1-4-6-10-19-16-20(11-7-5-2)24(17-19)23-15-14-18(3)21-12-8-9-13-22(21)23/h8-9,12-16H,4-7,10-11,17H2,1-3H3. The van der Waals surface area contributed by atoms with Gasteiger partial charge in [-0.2, -0.15) is 0 Å². The van der Waals surface area contributed by atoms with E-state index in [4.69, 9.17) is 0 Å². The Hall–Kier alpha value is -1.82. The van der Waals surface area contributed by atoms with Crippen LogP contribution in [0.25, 0.3) is 16.3 Å². The van der Waals surface area contributed by atoms with E-state index in [1.54, 1.807) is 16.7 Å². The summed E-state index contributed by atoms with van der Waals surface area (Å²) in [4.78, 5) is 0. The Labute approximate surface area is 147 Å². The summed E-state index contributed by atoms with van der Waals surface area (Å²) in [5, 5.41) is 2.82. The van der Waals surface area contributed by atoms with Gasteiger partial charge in [0.15, 0.2) is 0 Å². The Balaban J connectivity index is 2.01. The number of rotatable bonds is 7. The van der Waals surface area contributed by atoms with Gasteiger partial charge in [-0.3, -0.25) is 0 Å². The van der Waals surface area contributed by atoms with Gasteiger partial charge < -0.3 is 0 Å². The topological polar surface area (TPSA) is 0 Å². The molecular weight excluding hydrogens is 288 g/mol. The highest BCUT2D eigenvalue weighted by Gasteiger charge is 2.18. The van der Waals surface area contributed by atoms with Gasteiger partial charge in [0.1, 0.15) is 0 Å². The molecule has 0 radical (unpaired) electrons. The van der Waals surface area contributed by atoms with Gasteiger partial charge in [0, 0.05) is 0 Å². The highest BCUT2D eigenvalue weighted by molar-refractivity contribution is 5.97. The van der Waals surface area contributed by atoms with Crippen LogP contribution in [0, 0.1) is 6.92 Å². The first-order valence-electron chi connectivity index (χ1n) is 9.64. The summed E-state index contributed by atoms with van der Waals surface area (Å²) in [6.07, 6.45) is 11.3. The number of unbranched alkanes of at least 4 members (excludes halogenated alkanes) is 2. The van der Waals surface area contributed by atoms with Crippen molar-refractivity contribution in [3.05, 3.63) is 64.7 Å². The Bertz CT molecular complexity index is 774. The van der Waals surface area contributed by atoms with E-state index in [9.17, 15) is 0 Å². The molecule has 0 atom stereocenters. The van der Waals surface area contributed by atoms with Crippen LogP contribution in [0.2, 0.25) is 0 Å². The van der Waals surface area contributed by atoms with Crippen LogP contribution in [0.1, 0.15) is 69.9 Å². The predicted octanol–water partition coefficient (Wildman–Crippen LogP) is 7.61. The van der Waals surface area contributed by atoms with Crippen LogP contribution in [0.4, 0.5) is 0 Å². The minimum Gasteiger partial charge on any atom is -0.0655 e. The third-order valence-corrected chi connectivity index (χ3v) is 5.29. The van der Waals surface area contributed by atoms with Crippen molar-refractivity contribution in [1.82, 2.24) is 0 Å². The van der Waals surface area contributed by atoms with Crippen LogP contribution in [0.5, 0.6) is 0 Å². The van der Waals surface area contributed by atoms with E-state index in [2.05, 4.69) is 63.2 Å². The molecule has 0 saturated heterocycles. The van der Waals surface area contributed by atoms with E-state index in [1.165, 1.54) is 60.4 Å². The average Bonchev–Trinajstić information content (AvgIpc) is 3.01. The molecule has 2 aromatic rings. The van der Waals surface area contributed by atoms with Crippen molar-refractivity contribution in [3.8, 4) is 0 Å². The van der Waals surface area contributed by atoms with Gasteiger partial charge >= 0.3 is 0 Å². The number of hydrogen-bond acceptors (Lipinski definition) is 0. The van der Waals surface area contributed by atoms with Gasteiger partial charge in [0.25, 0.3) is 0 Å². The van der Waals surface area contributed by atoms with Gasteiger partial charge in [-0.25, -0.2) is 0 Å². The molecule has 0 aliphatic heterocycles. The molecule has 3 rings (SSSR count). The van der Waals surface area contributed by atoms with Crippen molar-refractivity contribution in [2.45, 2.75) is 65.7 Å². The number of allylic oxidation sites excluding steroid dienone is 4. The minimum atomic E-state index is 1.16. The Kier molecular flexibility index (Phi) is 5.56. The average molecular weight is 319 g/mol. The van der Waals surface area contributed by atoms with Crippen molar-refractivity contribution >= 4 is 16.3 Å². The van der Waals surface area contributed by atoms with Crippen molar-refractivity contribution in [3.63, 3.8) is 0 Å². The highest BCUT2D eigenvalue weighted by Crippen LogP contribution is 2.40. The van der Waals surface area contributed by atoms with Crippen molar-refractivity contribution in [1.29, 1.82) is 0 Å². The zero-order chi connectivity index (χ0) is 16.9. The summed E-state index contributed by atoms with van der Waals surface area (Å²) in [5.41, 5.74) is 7.66. The van der Waals surface area contributed by atoms with Crippen LogP contribution in [-0.4, -0.2) is 0 Å². The SMILES string of the molecule is CCCCC1=CC(CCCC)=C(c2ccc(C)c3ccccc23)C1. The fraction of sp³-hybridized carbons (Fsp3) is 0.417. The van der Waals surface area contributed by atoms with Gasteiger partial charge in [0.2, 0.25) is 0 Å². The molecule has 126 valence electrons. The first-order chi connectivity index (χ1) is 11.7. The molecule has 0 fully saturated rings. The van der Waals surface area contributed by atoms with Gasteiger partial charge in [-0.1, -0.05) is 74.7 Å². The fourth-order valence-electron chi connectivity index (χ4n) is 3.86. The quantitative estimate of drug-likeness (QED) is 0.492. The third kappa shape index (κ3) is 3.48. The summed E-state index contributed by atoms with van der Waals surface area (Å²) in [6, 6.07) is 13.6. The molecule has 1 aliphatic carbocycles. The zero-order valence-electron chi connectivity index (χ0n) is 15.5. The second-order valence-corrected chi connectivity index (χ2v) is 7.17. The second kappa shape index (κ2) is 7.83. The molecule has 0 bridgehead atoms. The van der Waals surface area contributed by atoms with E-state index >= 15 is 0 Å². The lowest BCUT2D eigenvalue weighted by Crippen LogP contribution is -1.91. The summed E-state index contributed by atoms with van der Waals surface area (Å²) in [7, 11) is 0. The van der Waals surface area contributed by atoms with Crippen molar-refractivity contribution in [2.75, 3.05) is 0 Å². The van der Waals surface area contributed by atoms with E-state index in [0.29, 0.717) is 0 Å². The Morgan fingerprint density at radius 1 is 0.833 bits per heavy atom. The van der Waals surface area contributed by atoms with E-state index in [-0.39, 0.29) is 0 Å². The lowest BCUT2D eigenvalue weighted by Gasteiger charge is -2.13. The first-order valence-corrected chi connectivity index (χ1v) is 9.64. The van der Waals surface area contributed by atoms with Crippen molar-refractivity contribution < 1.29 is 0 Å². The molecule has 0 unspecified atom stereocenters. The summed E-state index contributed by atoms with van der Waals surface area (Å²) in [6.45, 7) is 6.80. The number of fused-ring (bicyclic) bond motifs is 1. The molecular formula is C24H30. The first kappa shape index (κ1) is 17.0. The smallest absolute Gasteiger partial charge is 0.00550 e. The molecule has 1 aliphatic rings. The van der Waals surface area contributed by atoms with Gasteiger partial charge in [0.05, 0.1) is 0 Å². The maximum Gasteiger partial charge on any atom is -0.00550 e. The second-order valence-electron chi connectivity index (χ2n) is 7.17. The third-order valence-electron chi connectivity index (χ3n) is 5.29. The maximum absolute atomic E-state index is 2.52. The largest absolute Gasteiger partial charge is 0.0655 e. The van der Waals surface area contributed by atoms with Gasteiger partial charge in [-0.05, 0) is 72.1 Å². The summed E-state index contributed by atoms with van der Waals surface area (Å²) >= 11 is 0. The van der Waals surface area contributed by atoms with Crippen LogP contribution < -0.4 is 0 Å². The molecule has 2 aromatic carbocycles. The molecule has 0 nitrogen and oxygen atoms in total. The summed E-state index contributed by atoms with van der Waals surface area (Å²) in [5.74, 6) is 0. The monoisotopic (exact) mass is 318 g/mol. The highest BCUT2D eigenvalue weighted by atomic mass is 14.2. The predicted molar refractivity (Wildman–Crippen MR) is 107 cm³/mol.